The van der Waals surface area contributed by atoms with Crippen LogP contribution in [0.1, 0.15) is 40.0 Å². The summed E-state index contributed by atoms with van der Waals surface area (Å²) in [7, 11) is 1.97. The van der Waals surface area contributed by atoms with Crippen LogP contribution in [0.3, 0.4) is 0 Å². The van der Waals surface area contributed by atoms with E-state index in [1.807, 2.05) is 14.0 Å². The summed E-state index contributed by atoms with van der Waals surface area (Å²) in [6.45, 7) is 8.51. The Morgan fingerprint density at radius 1 is 1.35 bits per heavy atom. The first-order chi connectivity index (χ1) is 8.02. The van der Waals surface area contributed by atoms with Crippen LogP contribution in [0, 0.1) is 5.92 Å². The van der Waals surface area contributed by atoms with Gasteiger partial charge in [0.15, 0.2) is 0 Å². The summed E-state index contributed by atoms with van der Waals surface area (Å²) in [6.07, 6.45) is 3.42. The van der Waals surface area contributed by atoms with Crippen LogP contribution >= 0.6 is 0 Å². The Morgan fingerprint density at radius 2 is 2.00 bits per heavy atom. The van der Waals surface area contributed by atoms with Gasteiger partial charge in [-0.2, -0.15) is 0 Å². The molecule has 0 aliphatic heterocycles. The number of amides is 1. The number of hydrogen-bond donors (Lipinski definition) is 2. The van der Waals surface area contributed by atoms with Crippen molar-refractivity contribution >= 4 is 5.91 Å². The average molecular weight is 243 g/mol. The lowest BCUT2D eigenvalue weighted by atomic mass is 10.1. The third-order valence-electron chi connectivity index (χ3n) is 3.12. The summed E-state index contributed by atoms with van der Waals surface area (Å²) in [5, 5.41) is 2.98. The monoisotopic (exact) mass is 243 g/mol. The predicted molar refractivity (Wildman–Crippen MR) is 72.8 cm³/mol. The Labute approximate surface area is 106 Å². The van der Waals surface area contributed by atoms with E-state index in [9.17, 15) is 4.79 Å². The zero-order valence-electron chi connectivity index (χ0n) is 11.8. The minimum absolute atomic E-state index is 0.0781. The van der Waals surface area contributed by atoms with E-state index in [0.29, 0.717) is 12.5 Å². The van der Waals surface area contributed by atoms with Gasteiger partial charge < -0.3 is 11.1 Å². The minimum atomic E-state index is -0.0781. The molecule has 0 aliphatic rings. The summed E-state index contributed by atoms with van der Waals surface area (Å²) in [4.78, 5) is 13.9. The Kier molecular flexibility index (Phi) is 9.09. The van der Waals surface area contributed by atoms with E-state index >= 15 is 0 Å². The molecule has 0 aromatic heterocycles. The normalized spacial score (nSPS) is 14.7. The van der Waals surface area contributed by atoms with Crippen LogP contribution in [0.2, 0.25) is 0 Å². The lowest BCUT2D eigenvalue weighted by Gasteiger charge is -2.26. The highest BCUT2D eigenvalue weighted by Gasteiger charge is 2.18. The fraction of sp³-hybridized carbons (Fsp3) is 0.923. The lowest BCUT2D eigenvalue weighted by molar-refractivity contribution is -0.125. The van der Waals surface area contributed by atoms with E-state index in [-0.39, 0.29) is 11.9 Å². The van der Waals surface area contributed by atoms with E-state index in [1.54, 1.807) is 0 Å². The van der Waals surface area contributed by atoms with Crippen molar-refractivity contribution in [3.05, 3.63) is 0 Å². The smallest absolute Gasteiger partial charge is 0.237 e. The van der Waals surface area contributed by atoms with Crippen LogP contribution in [-0.2, 0) is 4.79 Å². The molecule has 2 atom stereocenters. The van der Waals surface area contributed by atoms with E-state index < -0.39 is 0 Å². The lowest BCUT2D eigenvalue weighted by Crippen LogP contribution is -2.45. The van der Waals surface area contributed by atoms with Gasteiger partial charge in [-0.1, -0.05) is 26.7 Å². The number of unbranched alkanes of at least 4 members (excludes halogenated alkanes) is 2. The number of nitrogens with two attached hydrogens (primary N) is 1. The standard InChI is InChI=1S/C13H29N3O/c1-5-6-7-8-15-13(17)12(3)16(4)10-11(2)9-14/h11-12H,5-10,14H2,1-4H3,(H,15,17). The van der Waals surface area contributed by atoms with Crippen molar-refractivity contribution in [2.45, 2.75) is 46.1 Å². The van der Waals surface area contributed by atoms with Gasteiger partial charge in [0.1, 0.15) is 0 Å². The minimum Gasteiger partial charge on any atom is -0.355 e. The number of likely N-dealkylation sites (N-methyl/N-ethyl adjacent to an activating group) is 1. The maximum atomic E-state index is 11.8. The van der Waals surface area contributed by atoms with Crippen LogP contribution in [0.25, 0.3) is 0 Å². The fourth-order valence-electron chi connectivity index (χ4n) is 1.66. The predicted octanol–water partition coefficient (Wildman–Crippen LogP) is 1.21. The van der Waals surface area contributed by atoms with Crippen LogP contribution in [0.15, 0.2) is 0 Å². The van der Waals surface area contributed by atoms with Crippen molar-refractivity contribution in [3.63, 3.8) is 0 Å². The molecule has 0 aromatic rings. The van der Waals surface area contributed by atoms with E-state index in [1.165, 1.54) is 12.8 Å². The van der Waals surface area contributed by atoms with Crippen molar-refractivity contribution in [3.8, 4) is 0 Å². The SMILES string of the molecule is CCCCCNC(=O)C(C)N(C)CC(C)CN. The molecule has 2 unspecified atom stereocenters. The van der Waals surface area contributed by atoms with Crippen molar-refractivity contribution in [1.29, 1.82) is 0 Å². The molecule has 0 spiro atoms. The molecule has 0 saturated heterocycles. The van der Waals surface area contributed by atoms with E-state index in [0.717, 1.165) is 19.5 Å². The van der Waals surface area contributed by atoms with E-state index in [2.05, 4.69) is 24.1 Å². The highest BCUT2D eigenvalue weighted by molar-refractivity contribution is 5.81. The zero-order chi connectivity index (χ0) is 13.3. The molecule has 0 radical (unpaired) electrons. The second-order valence-corrected chi connectivity index (χ2v) is 4.95. The highest BCUT2D eigenvalue weighted by Crippen LogP contribution is 2.01. The third-order valence-corrected chi connectivity index (χ3v) is 3.12. The van der Waals surface area contributed by atoms with Crippen LogP contribution in [0.4, 0.5) is 0 Å². The van der Waals surface area contributed by atoms with Gasteiger partial charge in [0.05, 0.1) is 6.04 Å². The third kappa shape index (κ3) is 7.34. The van der Waals surface area contributed by atoms with Crippen LogP contribution < -0.4 is 11.1 Å². The summed E-state index contributed by atoms with van der Waals surface area (Å²) >= 11 is 0. The summed E-state index contributed by atoms with van der Waals surface area (Å²) in [6, 6.07) is -0.0781. The fourth-order valence-corrected chi connectivity index (χ4v) is 1.66. The quantitative estimate of drug-likeness (QED) is 0.598. The largest absolute Gasteiger partial charge is 0.355 e. The van der Waals surface area contributed by atoms with Crippen LogP contribution in [0.5, 0.6) is 0 Å². The molecule has 3 N–H and O–H groups in total. The first-order valence-corrected chi connectivity index (χ1v) is 6.70. The molecule has 0 bridgehead atoms. The molecule has 4 nitrogen and oxygen atoms in total. The zero-order valence-corrected chi connectivity index (χ0v) is 11.8. The number of rotatable bonds is 9. The molecule has 0 aromatic carbocycles. The Morgan fingerprint density at radius 3 is 2.53 bits per heavy atom. The molecule has 1 amide bonds. The van der Waals surface area contributed by atoms with Crippen molar-refractivity contribution in [2.24, 2.45) is 11.7 Å². The van der Waals surface area contributed by atoms with Gasteiger partial charge in [0, 0.05) is 13.1 Å². The number of nitrogens with zero attached hydrogens (tertiary/aromatic N) is 1. The molecular formula is C13H29N3O. The number of carbonyl (C=O) groups excluding carboxylic acids is 1. The summed E-state index contributed by atoms with van der Waals surface area (Å²) < 4.78 is 0. The van der Waals surface area contributed by atoms with E-state index in [4.69, 9.17) is 5.73 Å². The first kappa shape index (κ1) is 16.4. The maximum absolute atomic E-state index is 11.8. The molecule has 0 aliphatic carbocycles. The number of carbonyl (C=O) groups is 1. The highest BCUT2D eigenvalue weighted by atomic mass is 16.2. The first-order valence-electron chi connectivity index (χ1n) is 6.70. The number of nitrogens with one attached hydrogen (secondary N) is 1. The van der Waals surface area contributed by atoms with Crippen molar-refractivity contribution < 1.29 is 4.79 Å². The summed E-state index contributed by atoms with van der Waals surface area (Å²) in [5.41, 5.74) is 5.58. The molecule has 0 saturated carbocycles. The van der Waals surface area contributed by atoms with Crippen molar-refractivity contribution in [1.82, 2.24) is 10.2 Å². The number of hydrogen-bond acceptors (Lipinski definition) is 3. The van der Waals surface area contributed by atoms with Gasteiger partial charge in [0.25, 0.3) is 0 Å². The van der Waals surface area contributed by atoms with Gasteiger partial charge in [-0.3, -0.25) is 9.69 Å². The average Bonchev–Trinajstić information content (AvgIpc) is 2.33. The summed E-state index contributed by atoms with van der Waals surface area (Å²) in [5.74, 6) is 0.545. The molecule has 4 heteroatoms. The molecular weight excluding hydrogens is 214 g/mol. The van der Waals surface area contributed by atoms with Gasteiger partial charge in [0.2, 0.25) is 5.91 Å². The van der Waals surface area contributed by atoms with Gasteiger partial charge in [-0.05, 0) is 32.9 Å². The van der Waals surface area contributed by atoms with Crippen LogP contribution in [-0.4, -0.2) is 43.5 Å². The molecule has 102 valence electrons. The maximum Gasteiger partial charge on any atom is 0.237 e. The van der Waals surface area contributed by atoms with Gasteiger partial charge in [-0.15, -0.1) is 0 Å². The Hall–Kier alpha value is -0.610. The molecule has 0 fully saturated rings. The molecule has 17 heavy (non-hydrogen) atoms. The Bertz CT molecular complexity index is 209. The topological polar surface area (TPSA) is 58.4 Å². The molecule has 0 heterocycles. The second kappa shape index (κ2) is 9.42. The molecule has 0 rings (SSSR count). The van der Waals surface area contributed by atoms with Crippen molar-refractivity contribution in [2.75, 3.05) is 26.7 Å². The Balaban J connectivity index is 3.86. The van der Waals surface area contributed by atoms with Gasteiger partial charge >= 0.3 is 0 Å². The second-order valence-electron chi connectivity index (χ2n) is 4.95. The van der Waals surface area contributed by atoms with Gasteiger partial charge in [-0.25, -0.2) is 0 Å².